The summed E-state index contributed by atoms with van der Waals surface area (Å²) >= 11 is 1.83. The summed E-state index contributed by atoms with van der Waals surface area (Å²) in [6.07, 6.45) is 4.47. The minimum Gasteiger partial charge on any atom is -0.353 e. The van der Waals surface area contributed by atoms with E-state index in [0.29, 0.717) is 0 Å². The highest BCUT2D eigenvalue weighted by Gasteiger charge is 2.42. The molecule has 3 N–H and O–H groups in total. The average molecular weight is 250 g/mol. The molecule has 1 atom stereocenters. The van der Waals surface area contributed by atoms with E-state index in [0.717, 1.165) is 12.1 Å². The molecule has 3 nitrogen and oxygen atoms in total. The van der Waals surface area contributed by atoms with Crippen LogP contribution in [0.1, 0.15) is 24.4 Å². The standard InChI is InChI=1S/C13H18N2OS/c1-17-13(7-8-13)9-15-12(16)11(14)10-5-3-2-4-6-10/h2-6,11H,7-9,14H2,1H3,(H,15,16). The predicted molar refractivity (Wildman–Crippen MR) is 71.9 cm³/mol. The Labute approximate surface area is 106 Å². The minimum atomic E-state index is -0.561. The zero-order valence-corrected chi connectivity index (χ0v) is 10.8. The molecule has 0 aliphatic heterocycles. The summed E-state index contributed by atoms with van der Waals surface area (Å²) in [5, 5.41) is 2.95. The summed E-state index contributed by atoms with van der Waals surface area (Å²) in [6.45, 7) is 0.730. The Kier molecular flexibility index (Phi) is 3.74. The Bertz CT molecular complexity index is 390. The number of nitrogens with one attached hydrogen (secondary N) is 1. The first-order valence-electron chi connectivity index (χ1n) is 5.80. The molecule has 1 aromatic carbocycles. The molecule has 1 unspecified atom stereocenters. The molecule has 92 valence electrons. The largest absolute Gasteiger partial charge is 0.353 e. The molecule has 1 saturated carbocycles. The van der Waals surface area contributed by atoms with Crippen LogP contribution in [0, 0.1) is 0 Å². The number of nitrogens with two attached hydrogens (primary N) is 1. The van der Waals surface area contributed by atoms with E-state index in [1.54, 1.807) is 0 Å². The summed E-state index contributed by atoms with van der Waals surface area (Å²) in [5.41, 5.74) is 6.77. The molecule has 0 radical (unpaired) electrons. The van der Waals surface area contributed by atoms with Gasteiger partial charge in [-0.3, -0.25) is 4.79 Å². The van der Waals surface area contributed by atoms with Crippen LogP contribution in [0.4, 0.5) is 0 Å². The topological polar surface area (TPSA) is 55.1 Å². The molecule has 4 heteroatoms. The molecule has 0 saturated heterocycles. The van der Waals surface area contributed by atoms with Crippen molar-refractivity contribution in [2.24, 2.45) is 5.73 Å². The Morgan fingerprint density at radius 1 is 1.47 bits per heavy atom. The Hall–Kier alpha value is -1.00. The second kappa shape index (κ2) is 5.10. The van der Waals surface area contributed by atoms with Gasteiger partial charge in [0.2, 0.25) is 5.91 Å². The van der Waals surface area contributed by atoms with Gasteiger partial charge in [0.15, 0.2) is 0 Å². The van der Waals surface area contributed by atoms with Crippen molar-refractivity contribution in [1.82, 2.24) is 5.32 Å². The third kappa shape index (κ3) is 3.01. The molecule has 1 aromatic rings. The van der Waals surface area contributed by atoms with Crippen molar-refractivity contribution in [2.45, 2.75) is 23.6 Å². The highest BCUT2D eigenvalue weighted by Crippen LogP contribution is 2.46. The van der Waals surface area contributed by atoms with E-state index < -0.39 is 6.04 Å². The van der Waals surface area contributed by atoms with Crippen LogP contribution in [0.2, 0.25) is 0 Å². The van der Waals surface area contributed by atoms with Crippen molar-refractivity contribution in [3.63, 3.8) is 0 Å². The lowest BCUT2D eigenvalue weighted by molar-refractivity contribution is -0.122. The molecule has 0 bridgehead atoms. The second-order valence-corrected chi connectivity index (χ2v) is 5.77. The maximum Gasteiger partial charge on any atom is 0.241 e. The Morgan fingerprint density at radius 2 is 2.12 bits per heavy atom. The summed E-state index contributed by atoms with van der Waals surface area (Å²) in [6, 6.07) is 8.91. The van der Waals surface area contributed by atoms with E-state index in [1.165, 1.54) is 12.8 Å². The number of amides is 1. The Morgan fingerprint density at radius 3 is 2.65 bits per heavy atom. The van der Waals surface area contributed by atoms with Gasteiger partial charge in [-0.05, 0) is 24.7 Å². The molecule has 1 fully saturated rings. The van der Waals surface area contributed by atoms with E-state index in [1.807, 2.05) is 42.1 Å². The Balaban J connectivity index is 1.88. The average Bonchev–Trinajstić information content (AvgIpc) is 3.17. The first-order valence-corrected chi connectivity index (χ1v) is 7.03. The molecular formula is C13H18N2OS. The maximum atomic E-state index is 11.9. The van der Waals surface area contributed by atoms with Crippen molar-refractivity contribution >= 4 is 17.7 Å². The zero-order valence-electron chi connectivity index (χ0n) is 9.98. The van der Waals surface area contributed by atoms with E-state index in [-0.39, 0.29) is 10.7 Å². The fourth-order valence-electron chi connectivity index (χ4n) is 1.76. The molecule has 1 aliphatic carbocycles. The van der Waals surface area contributed by atoms with Gasteiger partial charge in [0.05, 0.1) is 0 Å². The zero-order chi connectivity index (χ0) is 12.3. The van der Waals surface area contributed by atoms with Gasteiger partial charge in [-0.2, -0.15) is 11.8 Å². The maximum absolute atomic E-state index is 11.9. The fourth-order valence-corrected chi connectivity index (χ4v) is 2.49. The summed E-state index contributed by atoms with van der Waals surface area (Å²) in [4.78, 5) is 11.9. The van der Waals surface area contributed by atoms with Gasteiger partial charge in [-0.15, -0.1) is 0 Å². The first-order chi connectivity index (χ1) is 8.17. The number of carbonyl (C=O) groups excluding carboxylic acids is 1. The quantitative estimate of drug-likeness (QED) is 0.836. The SMILES string of the molecule is CSC1(CNC(=O)C(N)c2ccccc2)CC1. The number of benzene rings is 1. The summed E-state index contributed by atoms with van der Waals surface area (Å²) in [5.74, 6) is -0.0866. The third-order valence-electron chi connectivity index (χ3n) is 3.27. The van der Waals surface area contributed by atoms with Gasteiger partial charge >= 0.3 is 0 Å². The van der Waals surface area contributed by atoms with Crippen molar-refractivity contribution in [3.8, 4) is 0 Å². The highest BCUT2D eigenvalue weighted by atomic mass is 32.2. The van der Waals surface area contributed by atoms with Crippen LogP contribution in [0.5, 0.6) is 0 Å². The number of rotatable bonds is 5. The van der Waals surface area contributed by atoms with Crippen LogP contribution in [0.25, 0.3) is 0 Å². The number of carbonyl (C=O) groups is 1. The fraction of sp³-hybridized carbons (Fsp3) is 0.462. The van der Waals surface area contributed by atoms with Crippen LogP contribution >= 0.6 is 11.8 Å². The second-order valence-electron chi connectivity index (χ2n) is 4.49. The smallest absolute Gasteiger partial charge is 0.241 e. The lowest BCUT2D eigenvalue weighted by Gasteiger charge is -2.16. The van der Waals surface area contributed by atoms with Crippen molar-refractivity contribution in [1.29, 1.82) is 0 Å². The molecule has 1 aliphatic rings. The van der Waals surface area contributed by atoms with Gasteiger partial charge in [0.25, 0.3) is 0 Å². The minimum absolute atomic E-state index is 0.0866. The van der Waals surface area contributed by atoms with Crippen LogP contribution < -0.4 is 11.1 Å². The number of hydrogen-bond donors (Lipinski definition) is 2. The van der Waals surface area contributed by atoms with Crippen LogP contribution in [-0.2, 0) is 4.79 Å². The normalized spacial score (nSPS) is 18.5. The number of thioether (sulfide) groups is 1. The van der Waals surface area contributed by atoms with Gasteiger partial charge < -0.3 is 11.1 Å². The third-order valence-corrected chi connectivity index (χ3v) is 4.69. The first kappa shape index (κ1) is 12.5. The molecule has 2 rings (SSSR count). The van der Waals surface area contributed by atoms with E-state index in [9.17, 15) is 4.79 Å². The summed E-state index contributed by atoms with van der Waals surface area (Å²) < 4.78 is 0.284. The number of hydrogen-bond acceptors (Lipinski definition) is 3. The van der Waals surface area contributed by atoms with Gasteiger partial charge in [0, 0.05) is 11.3 Å². The van der Waals surface area contributed by atoms with Crippen LogP contribution in [-0.4, -0.2) is 23.5 Å². The molecular weight excluding hydrogens is 232 g/mol. The van der Waals surface area contributed by atoms with Gasteiger partial charge in [0.1, 0.15) is 6.04 Å². The molecule has 17 heavy (non-hydrogen) atoms. The molecule has 0 heterocycles. The molecule has 0 aromatic heterocycles. The van der Waals surface area contributed by atoms with Crippen molar-refractivity contribution in [2.75, 3.05) is 12.8 Å². The van der Waals surface area contributed by atoms with Gasteiger partial charge in [-0.1, -0.05) is 30.3 Å². The predicted octanol–water partition coefficient (Wildman–Crippen LogP) is 1.70. The van der Waals surface area contributed by atoms with Crippen molar-refractivity contribution in [3.05, 3.63) is 35.9 Å². The monoisotopic (exact) mass is 250 g/mol. The van der Waals surface area contributed by atoms with E-state index in [2.05, 4.69) is 11.6 Å². The van der Waals surface area contributed by atoms with E-state index in [4.69, 9.17) is 5.73 Å². The van der Waals surface area contributed by atoms with Crippen LogP contribution in [0.15, 0.2) is 30.3 Å². The van der Waals surface area contributed by atoms with Crippen molar-refractivity contribution < 1.29 is 4.79 Å². The molecule has 1 amide bonds. The van der Waals surface area contributed by atoms with Gasteiger partial charge in [-0.25, -0.2) is 0 Å². The van der Waals surface area contributed by atoms with Crippen LogP contribution in [0.3, 0.4) is 0 Å². The molecule has 0 spiro atoms. The summed E-state index contributed by atoms with van der Waals surface area (Å²) in [7, 11) is 0. The lowest BCUT2D eigenvalue weighted by Crippen LogP contribution is -2.38. The highest BCUT2D eigenvalue weighted by molar-refractivity contribution is 8.00. The lowest BCUT2D eigenvalue weighted by atomic mass is 10.1. The van der Waals surface area contributed by atoms with E-state index >= 15 is 0 Å².